The van der Waals surface area contributed by atoms with Gasteiger partial charge in [-0.3, -0.25) is 9.59 Å². The number of hydrogen-bond donors (Lipinski definition) is 5. The molecule has 1 saturated heterocycles. The number of benzene rings is 1. The van der Waals surface area contributed by atoms with Gasteiger partial charge in [0.05, 0.1) is 4.60 Å². The molecule has 5 N–H and O–H groups in total. The molecular weight excluding hydrogens is 634 g/mol. The first-order valence-corrected chi connectivity index (χ1v) is 17.1. The highest BCUT2D eigenvalue weighted by molar-refractivity contribution is 9.10. The predicted molar refractivity (Wildman–Crippen MR) is 175 cm³/mol. The Bertz CT molecular complexity index is 1260. The number of aromatic nitrogens is 1. The lowest BCUT2D eigenvalue weighted by molar-refractivity contribution is -0.141. The summed E-state index contributed by atoms with van der Waals surface area (Å²) in [5, 5.41) is 19.2. The molecule has 1 aromatic heterocycles. The number of fused-ring (bicyclic) bond motifs is 1. The van der Waals surface area contributed by atoms with Crippen LogP contribution in [-0.2, 0) is 20.8 Å². The molecule has 2 aromatic rings. The average molecular weight is 681 g/mol. The zero-order chi connectivity index (χ0) is 31.7. The van der Waals surface area contributed by atoms with Crippen molar-refractivity contribution in [1.82, 2.24) is 25.8 Å². The fourth-order valence-electron chi connectivity index (χ4n) is 5.59. The van der Waals surface area contributed by atoms with Crippen LogP contribution in [0.15, 0.2) is 28.9 Å². The second-order valence-corrected chi connectivity index (χ2v) is 13.8. The Morgan fingerprint density at radius 3 is 2.28 bits per heavy atom. The fraction of sp³-hybridized carbons (Fsp3) is 0.613. The Labute approximate surface area is 267 Å². The summed E-state index contributed by atoms with van der Waals surface area (Å²) in [6.45, 7) is 9.98. The molecule has 2 heterocycles. The molecule has 43 heavy (non-hydrogen) atoms. The van der Waals surface area contributed by atoms with E-state index >= 15 is 0 Å². The number of aliphatic carboxylic acids is 1. The van der Waals surface area contributed by atoms with Gasteiger partial charge in [0.2, 0.25) is 11.8 Å². The van der Waals surface area contributed by atoms with Gasteiger partial charge in [-0.25, -0.2) is 9.59 Å². The minimum Gasteiger partial charge on any atom is -0.480 e. The standard InChI is InChI=1S/C31H46BrN5O5S/c1-6-14-43-17-26(30(40)41)35-29(39)25(16-22-21-12-7-8-13-23(21)33-27(22)32)34-28(38)24(15-18(2)3)36-31(42)37-19(4)10-9-11-20(37)5/h7-8,12-13,18-20,24-26,33H,6,9-11,14-17H2,1-5H3,(H,34,38)(H,35,39)(H,36,42)(H,40,41)/t19-,20+,24?,25-,26?/m1/s1. The number of rotatable bonds is 14. The molecule has 238 valence electrons. The predicted octanol–water partition coefficient (Wildman–Crippen LogP) is 5.06. The number of thioether (sulfide) groups is 1. The Morgan fingerprint density at radius 1 is 1.02 bits per heavy atom. The minimum absolute atomic E-state index is 0.0581. The van der Waals surface area contributed by atoms with Gasteiger partial charge in [-0.1, -0.05) is 39.0 Å². The summed E-state index contributed by atoms with van der Waals surface area (Å²) in [5.41, 5.74) is 1.65. The van der Waals surface area contributed by atoms with Crippen molar-refractivity contribution in [1.29, 1.82) is 0 Å². The number of urea groups is 1. The van der Waals surface area contributed by atoms with E-state index in [-0.39, 0.29) is 36.2 Å². The second kappa shape index (κ2) is 16.4. The van der Waals surface area contributed by atoms with E-state index in [4.69, 9.17) is 0 Å². The van der Waals surface area contributed by atoms with Gasteiger partial charge in [-0.15, -0.1) is 0 Å². The number of carbonyl (C=O) groups excluding carboxylic acids is 3. The van der Waals surface area contributed by atoms with E-state index in [2.05, 4.69) is 36.9 Å². The summed E-state index contributed by atoms with van der Waals surface area (Å²) < 4.78 is 0.675. The quantitative estimate of drug-likeness (QED) is 0.177. The van der Waals surface area contributed by atoms with Gasteiger partial charge in [0.25, 0.3) is 0 Å². The maximum Gasteiger partial charge on any atom is 0.327 e. The normalized spacial score (nSPS) is 19.1. The average Bonchev–Trinajstić information content (AvgIpc) is 3.25. The lowest BCUT2D eigenvalue weighted by atomic mass is 9.97. The smallest absolute Gasteiger partial charge is 0.327 e. The zero-order valence-electron chi connectivity index (χ0n) is 25.7. The number of piperidine rings is 1. The Hall–Kier alpha value is -2.73. The highest BCUT2D eigenvalue weighted by atomic mass is 79.9. The molecule has 4 amide bonds. The highest BCUT2D eigenvalue weighted by Gasteiger charge is 2.34. The first-order chi connectivity index (χ1) is 20.4. The molecule has 0 bridgehead atoms. The molecule has 10 nitrogen and oxygen atoms in total. The third-order valence-electron chi connectivity index (χ3n) is 7.80. The fourth-order valence-corrected chi connectivity index (χ4v) is 7.10. The molecular formula is C31H46BrN5O5S. The van der Waals surface area contributed by atoms with Crippen molar-refractivity contribution in [3.63, 3.8) is 0 Å². The number of H-pyrrole nitrogens is 1. The number of amides is 4. The van der Waals surface area contributed by atoms with Crippen LogP contribution in [-0.4, -0.2) is 80.5 Å². The number of aromatic amines is 1. The van der Waals surface area contributed by atoms with Gasteiger partial charge in [-0.05, 0) is 85.2 Å². The van der Waals surface area contributed by atoms with Gasteiger partial charge in [-0.2, -0.15) is 11.8 Å². The first-order valence-electron chi connectivity index (χ1n) is 15.2. The molecule has 2 unspecified atom stereocenters. The van der Waals surface area contributed by atoms with E-state index in [1.165, 1.54) is 11.8 Å². The molecule has 3 rings (SSSR count). The van der Waals surface area contributed by atoms with Crippen LogP contribution in [0, 0.1) is 5.92 Å². The van der Waals surface area contributed by atoms with Crippen molar-refractivity contribution >= 4 is 62.4 Å². The summed E-state index contributed by atoms with van der Waals surface area (Å²) in [5.74, 6) is -1.14. The van der Waals surface area contributed by atoms with Gasteiger partial charge in [0.15, 0.2) is 0 Å². The largest absolute Gasteiger partial charge is 0.480 e. The van der Waals surface area contributed by atoms with Gasteiger partial charge in [0.1, 0.15) is 18.1 Å². The van der Waals surface area contributed by atoms with E-state index in [9.17, 15) is 24.3 Å². The van der Waals surface area contributed by atoms with Crippen molar-refractivity contribution < 1.29 is 24.3 Å². The molecule has 1 aliphatic rings. The summed E-state index contributed by atoms with van der Waals surface area (Å²) >= 11 is 5.01. The topological polar surface area (TPSA) is 144 Å². The third-order valence-corrected chi connectivity index (χ3v) is 9.74. The van der Waals surface area contributed by atoms with Crippen LogP contribution >= 0.6 is 27.7 Å². The van der Waals surface area contributed by atoms with E-state index < -0.39 is 35.9 Å². The van der Waals surface area contributed by atoms with Gasteiger partial charge >= 0.3 is 12.0 Å². The molecule has 0 saturated carbocycles. The van der Waals surface area contributed by atoms with Crippen LogP contribution in [0.5, 0.6) is 0 Å². The molecule has 5 atom stereocenters. The zero-order valence-corrected chi connectivity index (χ0v) is 28.1. The van der Waals surface area contributed by atoms with E-state index in [1.807, 2.05) is 63.8 Å². The maximum absolute atomic E-state index is 13.8. The van der Waals surface area contributed by atoms with E-state index in [1.54, 1.807) is 0 Å². The number of carbonyl (C=O) groups is 4. The van der Waals surface area contributed by atoms with E-state index in [0.717, 1.165) is 47.9 Å². The van der Waals surface area contributed by atoms with Crippen molar-refractivity contribution in [2.45, 2.75) is 103 Å². The molecule has 0 radical (unpaired) electrons. The molecule has 12 heteroatoms. The lowest BCUT2D eigenvalue weighted by Gasteiger charge is -2.39. The number of nitrogens with zero attached hydrogens (tertiary/aromatic N) is 1. The summed E-state index contributed by atoms with van der Waals surface area (Å²) in [6, 6.07) is 4.39. The third kappa shape index (κ3) is 9.63. The molecule has 1 fully saturated rings. The summed E-state index contributed by atoms with van der Waals surface area (Å²) in [6.07, 6.45) is 4.24. The molecule has 0 aliphatic carbocycles. The van der Waals surface area contributed by atoms with Gasteiger partial charge < -0.3 is 30.9 Å². The maximum atomic E-state index is 13.8. The van der Waals surface area contributed by atoms with Crippen LogP contribution in [0.2, 0.25) is 0 Å². The molecule has 1 aromatic carbocycles. The summed E-state index contributed by atoms with van der Waals surface area (Å²) in [4.78, 5) is 58.0. The van der Waals surface area contributed by atoms with Crippen molar-refractivity contribution in [3.05, 3.63) is 34.4 Å². The van der Waals surface area contributed by atoms with E-state index in [0.29, 0.717) is 11.0 Å². The SMILES string of the molecule is CCCSCC(NC(=O)[C@@H](Cc1c(Br)[nH]c2ccccc12)NC(=O)C(CC(C)C)NC(=O)N1[C@H](C)CCC[C@@H]1C)C(=O)O. The minimum atomic E-state index is -1.13. The summed E-state index contributed by atoms with van der Waals surface area (Å²) in [7, 11) is 0. The van der Waals surface area contributed by atoms with Crippen molar-refractivity contribution in [3.8, 4) is 0 Å². The number of carboxylic acid groups (broad SMARTS) is 1. The Kier molecular flexibility index (Phi) is 13.2. The molecule has 1 aliphatic heterocycles. The van der Waals surface area contributed by atoms with Gasteiger partial charge in [0, 0.05) is 35.2 Å². The number of para-hydroxylation sites is 1. The lowest BCUT2D eigenvalue weighted by Crippen LogP contribution is -2.59. The second-order valence-electron chi connectivity index (χ2n) is 11.9. The number of likely N-dealkylation sites (tertiary alicyclic amines) is 1. The van der Waals surface area contributed by atoms with Crippen LogP contribution in [0.1, 0.15) is 72.3 Å². The van der Waals surface area contributed by atoms with Crippen LogP contribution < -0.4 is 16.0 Å². The number of halogens is 1. The number of hydrogen-bond acceptors (Lipinski definition) is 5. The van der Waals surface area contributed by atoms with Crippen LogP contribution in [0.3, 0.4) is 0 Å². The highest BCUT2D eigenvalue weighted by Crippen LogP contribution is 2.28. The number of carboxylic acids is 1. The van der Waals surface area contributed by atoms with Crippen LogP contribution in [0.4, 0.5) is 4.79 Å². The molecule has 0 spiro atoms. The Morgan fingerprint density at radius 2 is 1.65 bits per heavy atom. The number of nitrogens with one attached hydrogen (secondary N) is 4. The van der Waals surface area contributed by atoms with Crippen molar-refractivity contribution in [2.24, 2.45) is 5.92 Å². The first kappa shape index (κ1) is 34.8. The van der Waals surface area contributed by atoms with Crippen LogP contribution in [0.25, 0.3) is 10.9 Å². The Balaban J connectivity index is 1.87. The van der Waals surface area contributed by atoms with Crippen molar-refractivity contribution in [2.75, 3.05) is 11.5 Å². The monoisotopic (exact) mass is 679 g/mol.